The van der Waals surface area contributed by atoms with E-state index in [9.17, 15) is 4.79 Å². The van der Waals surface area contributed by atoms with Gasteiger partial charge >= 0.3 is 5.95 Å². The van der Waals surface area contributed by atoms with Crippen LogP contribution in [0.15, 0.2) is 12.1 Å². The van der Waals surface area contributed by atoms with Gasteiger partial charge in [0.15, 0.2) is 0 Å². The molecule has 0 aliphatic carbocycles. The number of aryl methyl sites for hydroxylation is 3. The zero-order chi connectivity index (χ0) is 15.6. The first-order valence-electron chi connectivity index (χ1n) is 6.85. The Morgan fingerprint density at radius 3 is 2.57 bits per heavy atom. The summed E-state index contributed by atoms with van der Waals surface area (Å²) in [5.74, 6) is 0.338. The minimum Gasteiger partial charge on any atom is -0.322 e. The third kappa shape index (κ3) is 3.34. The second-order valence-corrected chi connectivity index (χ2v) is 5.03. The molecule has 1 aromatic carbocycles. The molecular formula is C15H20N5O+. The van der Waals surface area contributed by atoms with Crippen molar-refractivity contribution in [3.05, 3.63) is 29.0 Å². The van der Waals surface area contributed by atoms with Crippen LogP contribution >= 0.6 is 0 Å². The largest absolute Gasteiger partial charge is 0.354 e. The first-order chi connectivity index (χ1) is 9.90. The Balaban J connectivity index is 2.44. The molecule has 2 aromatic rings. The molecule has 0 fully saturated rings. The zero-order valence-corrected chi connectivity index (χ0v) is 12.7. The van der Waals surface area contributed by atoms with Crippen LogP contribution in [0.2, 0.25) is 0 Å². The van der Waals surface area contributed by atoms with E-state index in [1.165, 1.54) is 11.1 Å². The maximum absolute atomic E-state index is 11.3. The highest BCUT2D eigenvalue weighted by atomic mass is 16.1. The van der Waals surface area contributed by atoms with Gasteiger partial charge in [0.25, 0.3) is 11.9 Å². The average molecular weight is 286 g/mol. The fourth-order valence-corrected chi connectivity index (χ4v) is 1.99. The van der Waals surface area contributed by atoms with Gasteiger partial charge in [-0.25, -0.2) is 10.3 Å². The molecule has 0 saturated carbocycles. The third-order valence-electron chi connectivity index (χ3n) is 3.34. The Hall–Kier alpha value is -2.50. The molecule has 6 nitrogen and oxygen atoms in total. The summed E-state index contributed by atoms with van der Waals surface area (Å²) in [7, 11) is 0. The topological polar surface area (TPSA) is 94.9 Å². The van der Waals surface area contributed by atoms with Gasteiger partial charge in [-0.05, 0) is 44.0 Å². The lowest BCUT2D eigenvalue weighted by Gasteiger charge is -2.04. The molecular weight excluding hydrogens is 266 g/mol. The summed E-state index contributed by atoms with van der Waals surface area (Å²) in [6.07, 6.45) is 0.360. The van der Waals surface area contributed by atoms with Crippen LogP contribution in [0.25, 0.3) is 10.9 Å². The lowest BCUT2D eigenvalue weighted by Crippen LogP contribution is -2.75. The van der Waals surface area contributed by atoms with Crippen molar-refractivity contribution in [2.45, 2.75) is 34.1 Å². The second kappa shape index (κ2) is 5.87. The van der Waals surface area contributed by atoms with Gasteiger partial charge in [-0.2, -0.15) is 0 Å². The SMILES string of the molecule is CCC(=O)N/C(N)=[NH+]/c1nc(C)c2cc(C)c(C)cc2n1. The van der Waals surface area contributed by atoms with E-state index < -0.39 is 0 Å². The third-order valence-corrected chi connectivity index (χ3v) is 3.34. The number of carbonyl (C=O) groups is 1. The van der Waals surface area contributed by atoms with E-state index >= 15 is 0 Å². The molecule has 0 saturated heterocycles. The summed E-state index contributed by atoms with van der Waals surface area (Å²) in [4.78, 5) is 22.9. The van der Waals surface area contributed by atoms with Gasteiger partial charge in [0, 0.05) is 11.8 Å². The highest BCUT2D eigenvalue weighted by Gasteiger charge is 2.11. The van der Waals surface area contributed by atoms with Gasteiger partial charge in [-0.15, -0.1) is 9.97 Å². The lowest BCUT2D eigenvalue weighted by atomic mass is 10.1. The molecule has 6 heteroatoms. The Bertz CT molecular complexity index is 736. The zero-order valence-electron chi connectivity index (χ0n) is 12.7. The van der Waals surface area contributed by atoms with Crippen molar-refractivity contribution in [2.75, 3.05) is 0 Å². The number of hydrogen-bond donors (Lipinski definition) is 3. The van der Waals surface area contributed by atoms with Crippen LogP contribution in [0.5, 0.6) is 0 Å². The Labute approximate surface area is 123 Å². The predicted molar refractivity (Wildman–Crippen MR) is 82.0 cm³/mol. The van der Waals surface area contributed by atoms with Crippen molar-refractivity contribution < 1.29 is 9.79 Å². The van der Waals surface area contributed by atoms with Gasteiger partial charge in [-0.3, -0.25) is 4.79 Å². The highest BCUT2D eigenvalue weighted by Crippen LogP contribution is 2.20. The number of nitrogens with two attached hydrogens (primary N) is 1. The normalized spacial score (nSPS) is 11.7. The molecule has 110 valence electrons. The van der Waals surface area contributed by atoms with Crippen molar-refractivity contribution in [1.29, 1.82) is 0 Å². The van der Waals surface area contributed by atoms with Gasteiger partial charge in [0.05, 0.1) is 5.69 Å². The molecule has 0 unspecified atom stereocenters. The minimum absolute atomic E-state index is 0.129. The summed E-state index contributed by atoms with van der Waals surface area (Å²) in [5.41, 5.74) is 9.81. The Morgan fingerprint density at radius 2 is 1.90 bits per heavy atom. The van der Waals surface area contributed by atoms with Gasteiger partial charge in [-0.1, -0.05) is 6.92 Å². The number of amides is 1. The number of benzene rings is 1. The first-order valence-corrected chi connectivity index (χ1v) is 6.85. The van der Waals surface area contributed by atoms with Crippen LogP contribution in [0.4, 0.5) is 5.95 Å². The van der Waals surface area contributed by atoms with Crippen LogP contribution in [-0.2, 0) is 4.79 Å². The van der Waals surface area contributed by atoms with Crippen molar-refractivity contribution in [3.63, 3.8) is 0 Å². The summed E-state index contributed by atoms with van der Waals surface area (Å²) in [6, 6.07) is 4.10. The molecule has 0 aliphatic heterocycles. The van der Waals surface area contributed by atoms with Crippen molar-refractivity contribution in [1.82, 2.24) is 15.3 Å². The number of nitrogens with zero attached hydrogens (tertiary/aromatic N) is 2. The van der Waals surface area contributed by atoms with Gasteiger partial charge in [0.2, 0.25) is 0 Å². The fourth-order valence-electron chi connectivity index (χ4n) is 1.99. The van der Waals surface area contributed by atoms with E-state index in [-0.39, 0.29) is 11.9 Å². The monoisotopic (exact) mass is 286 g/mol. The number of carbonyl (C=O) groups excluding carboxylic acids is 1. The van der Waals surface area contributed by atoms with Crippen molar-refractivity contribution >= 4 is 28.7 Å². The molecule has 0 spiro atoms. The maximum Gasteiger partial charge on any atom is 0.354 e. The lowest BCUT2D eigenvalue weighted by molar-refractivity contribution is -0.367. The number of rotatable bonds is 2. The van der Waals surface area contributed by atoms with Crippen LogP contribution in [0.1, 0.15) is 30.2 Å². The molecule has 0 bridgehead atoms. The molecule has 1 heterocycles. The molecule has 1 aromatic heterocycles. The minimum atomic E-state index is -0.163. The number of fused-ring (bicyclic) bond motifs is 1. The van der Waals surface area contributed by atoms with Crippen molar-refractivity contribution in [3.8, 4) is 0 Å². The summed E-state index contributed by atoms with van der Waals surface area (Å²) in [5, 5.41) is 3.54. The fraction of sp³-hybridized carbons (Fsp3) is 0.333. The van der Waals surface area contributed by atoms with E-state index in [2.05, 4.69) is 33.3 Å². The molecule has 21 heavy (non-hydrogen) atoms. The smallest absolute Gasteiger partial charge is 0.322 e. The number of nitrogens with one attached hydrogen (secondary N) is 2. The first kappa shape index (κ1) is 14.9. The summed E-state index contributed by atoms with van der Waals surface area (Å²) >= 11 is 0. The predicted octanol–water partition coefficient (Wildman–Crippen LogP) is 0.108. The maximum atomic E-state index is 11.3. The molecule has 4 N–H and O–H groups in total. The Kier molecular flexibility index (Phi) is 4.16. The number of hydrogen-bond acceptors (Lipinski definition) is 3. The van der Waals surface area contributed by atoms with E-state index in [0.29, 0.717) is 12.4 Å². The van der Waals surface area contributed by atoms with E-state index in [1.54, 1.807) is 6.92 Å². The van der Waals surface area contributed by atoms with Gasteiger partial charge < -0.3 is 5.73 Å². The summed E-state index contributed by atoms with van der Waals surface area (Å²) in [6.45, 7) is 7.78. The van der Waals surface area contributed by atoms with Crippen molar-refractivity contribution in [2.24, 2.45) is 5.73 Å². The van der Waals surface area contributed by atoms with Crippen LogP contribution in [0, 0.1) is 20.8 Å². The number of guanidine groups is 1. The Morgan fingerprint density at radius 1 is 1.24 bits per heavy atom. The van der Waals surface area contributed by atoms with E-state index in [0.717, 1.165) is 16.6 Å². The summed E-state index contributed by atoms with van der Waals surface area (Å²) < 4.78 is 0. The van der Waals surface area contributed by atoms with Crippen LogP contribution < -0.4 is 16.0 Å². The molecule has 0 radical (unpaired) electrons. The molecule has 0 aliphatic rings. The van der Waals surface area contributed by atoms with E-state index in [4.69, 9.17) is 5.73 Å². The quantitative estimate of drug-likeness (QED) is 0.539. The molecule has 0 atom stereocenters. The van der Waals surface area contributed by atoms with Gasteiger partial charge in [0.1, 0.15) is 5.52 Å². The van der Waals surface area contributed by atoms with Crippen LogP contribution in [-0.4, -0.2) is 21.8 Å². The van der Waals surface area contributed by atoms with E-state index in [1.807, 2.05) is 19.9 Å². The molecule has 2 rings (SSSR count). The van der Waals surface area contributed by atoms with Crippen LogP contribution in [0.3, 0.4) is 0 Å². The second-order valence-electron chi connectivity index (χ2n) is 5.03. The standard InChI is InChI=1S/C15H19N5O/c1-5-13(21)19-14(16)20-15-17-10(4)11-6-8(2)9(3)7-12(11)18-15/h6-7H,5H2,1-4H3,(H3,16,17,18,19,20,21)/p+1. The molecule has 1 amide bonds. The number of aromatic nitrogens is 2. The highest BCUT2D eigenvalue weighted by molar-refractivity contribution is 5.93. The average Bonchev–Trinajstić information content (AvgIpc) is 2.41.